The van der Waals surface area contributed by atoms with Gasteiger partial charge in [-0.3, -0.25) is 4.79 Å². The van der Waals surface area contributed by atoms with Crippen molar-refractivity contribution in [2.45, 2.75) is 72.1 Å². The van der Waals surface area contributed by atoms with Gasteiger partial charge in [0.15, 0.2) is 0 Å². The molecule has 0 saturated carbocycles. The van der Waals surface area contributed by atoms with Gasteiger partial charge in [0.05, 0.1) is 23.6 Å². The van der Waals surface area contributed by atoms with Crippen molar-refractivity contribution in [3.05, 3.63) is 101 Å². The molecule has 0 aliphatic heterocycles. The zero-order chi connectivity index (χ0) is 30.3. The number of aliphatic hydroxyl groups excluding tert-OH is 1. The molecule has 0 aliphatic rings. The van der Waals surface area contributed by atoms with E-state index in [4.69, 9.17) is 4.74 Å². The molecule has 0 fully saturated rings. The molecular weight excluding hydrogens is 528 g/mol. The second-order valence-corrected chi connectivity index (χ2v) is 11.8. The fraction of sp³-hybridized carbons (Fsp3) is 0.382. The molecule has 4 aromatic rings. The number of fused-ring (bicyclic) bond motifs is 1. The Hall–Kier alpha value is -4.17. The maximum absolute atomic E-state index is 13.2. The van der Waals surface area contributed by atoms with Crippen LogP contribution in [0.25, 0.3) is 11.0 Å². The number of ether oxygens (including phenoxy) is 1. The van der Waals surface area contributed by atoms with Crippen molar-refractivity contribution in [3.63, 3.8) is 0 Å². The molecule has 0 radical (unpaired) electrons. The minimum absolute atomic E-state index is 0.0413. The van der Waals surface area contributed by atoms with Gasteiger partial charge < -0.3 is 24.3 Å². The number of hydrogen-bond donors (Lipinski definition) is 2. The summed E-state index contributed by atoms with van der Waals surface area (Å²) in [5.74, 6) is -0.132. The summed E-state index contributed by atoms with van der Waals surface area (Å²) in [6.07, 6.45) is 0.560. The maximum Gasteiger partial charge on any atom is 0.437 e. The van der Waals surface area contributed by atoms with Crippen molar-refractivity contribution in [1.82, 2.24) is 14.5 Å². The molecule has 0 saturated heterocycles. The second-order valence-electron chi connectivity index (χ2n) is 11.8. The molecule has 2 amide bonds. The van der Waals surface area contributed by atoms with Gasteiger partial charge in [-0.15, -0.1) is 4.99 Å². The van der Waals surface area contributed by atoms with Crippen molar-refractivity contribution in [2.75, 3.05) is 13.2 Å². The SMILES string of the molecule is Cc1ccc(CC(CNC(=O)CCCO)n2c(=NC(=O)OC(C)(C)C)n(Cc3ccc(C)cc3)c3ccccc32)cc1. The number of aryl methyl sites for hydroxylation is 2. The summed E-state index contributed by atoms with van der Waals surface area (Å²) in [5, 5.41) is 12.3. The molecule has 4 rings (SSSR count). The van der Waals surface area contributed by atoms with Gasteiger partial charge in [-0.25, -0.2) is 4.79 Å². The van der Waals surface area contributed by atoms with Crippen molar-refractivity contribution < 1.29 is 19.4 Å². The molecule has 0 bridgehead atoms. The van der Waals surface area contributed by atoms with Gasteiger partial charge in [-0.1, -0.05) is 71.8 Å². The van der Waals surface area contributed by atoms with Crippen molar-refractivity contribution in [3.8, 4) is 0 Å². The van der Waals surface area contributed by atoms with E-state index in [0.717, 1.165) is 27.7 Å². The van der Waals surface area contributed by atoms with E-state index >= 15 is 0 Å². The molecule has 8 heteroatoms. The zero-order valence-electron chi connectivity index (χ0n) is 25.3. The maximum atomic E-state index is 13.2. The van der Waals surface area contributed by atoms with E-state index in [1.165, 1.54) is 5.56 Å². The highest BCUT2D eigenvalue weighted by molar-refractivity contribution is 5.78. The molecule has 222 valence electrons. The fourth-order valence-electron chi connectivity index (χ4n) is 4.92. The fourth-order valence-corrected chi connectivity index (χ4v) is 4.92. The third-order valence-corrected chi connectivity index (χ3v) is 6.99. The predicted octanol–water partition coefficient (Wildman–Crippen LogP) is 5.62. The third kappa shape index (κ3) is 8.19. The molecule has 1 aromatic heterocycles. The van der Waals surface area contributed by atoms with E-state index in [1.54, 1.807) is 0 Å². The molecule has 8 nitrogen and oxygen atoms in total. The van der Waals surface area contributed by atoms with E-state index in [0.29, 0.717) is 31.5 Å². The number of aliphatic hydroxyl groups is 1. The van der Waals surface area contributed by atoms with Crippen LogP contribution >= 0.6 is 0 Å². The Kier molecular flexibility index (Phi) is 10.0. The van der Waals surface area contributed by atoms with Gasteiger partial charge in [0.25, 0.3) is 0 Å². The van der Waals surface area contributed by atoms with Crippen LogP contribution in [0.4, 0.5) is 4.79 Å². The normalized spacial score (nSPS) is 12.9. The van der Waals surface area contributed by atoms with Crippen LogP contribution in [0.5, 0.6) is 0 Å². The van der Waals surface area contributed by atoms with E-state index < -0.39 is 11.7 Å². The number of para-hydroxylation sites is 2. The van der Waals surface area contributed by atoms with Crippen LogP contribution in [0.15, 0.2) is 77.8 Å². The molecule has 1 unspecified atom stereocenters. The van der Waals surface area contributed by atoms with Crippen LogP contribution in [-0.4, -0.2) is 45.0 Å². The minimum atomic E-state index is -0.707. The molecule has 3 aromatic carbocycles. The zero-order valence-corrected chi connectivity index (χ0v) is 25.3. The summed E-state index contributed by atoms with van der Waals surface area (Å²) in [6, 6.07) is 24.3. The quantitative estimate of drug-likeness (QED) is 0.259. The Labute approximate surface area is 247 Å². The Morgan fingerprint density at radius 1 is 0.905 bits per heavy atom. The summed E-state index contributed by atoms with van der Waals surface area (Å²) < 4.78 is 9.74. The average Bonchev–Trinajstić information content (AvgIpc) is 3.23. The third-order valence-electron chi connectivity index (χ3n) is 6.99. The lowest BCUT2D eigenvalue weighted by atomic mass is 10.0. The molecule has 1 heterocycles. The van der Waals surface area contributed by atoms with E-state index in [9.17, 15) is 14.7 Å². The second kappa shape index (κ2) is 13.7. The lowest BCUT2D eigenvalue weighted by Gasteiger charge is -2.22. The van der Waals surface area contributed by atoms with Crippen LogP contribution in [0, 0.1) is 13.8 Å². The number of carbonyl (C=O) groups excluding carboxylic acids is 2. The molecule has 2 N–H and O–H groups in total. The first-order chi connectivity index (χ1) is 20.0. The highest BCUT2D eigenvalue weighted by Crippen LogP contribution is 2.22. The number of benzene rings is 3. The number of aromatic nitrogens is 2. The molecule has 0 spiro atoms. The summed E-state index contributed by atoms with van der Waals surface area (Å²) in [5.41, 5.74) is 6.06. The van der Waals surface area contributed by atoms with Gasteiger partial charge in [0, 0.05) is 19.6 Å². The van der Waals surface area contributed by atoms with Gasteiger partial charge in [0.2, 0.25) is 11.5 Å². The summed E-state index contributed by atoms with van der Waals surface area (Å²) in [7, 11) is 0. The first kappa shape index (κ1) is 30.8. The van der Waals surface area contributed by atoms with Crippen LogP contribution in [-0.2, 0) is 22.5 Å². The standard InChI is InChI=1S/C34H42N4O4/c1-24-12-16-26(17-13-24)21-28(22-35-31(40)11-8-20-39)38-30-10-7-6-9-29(30)37(23-27-18-14-25(2)15-19-27)32(38)36-33(41)42-34(3,4)5/h6-7,9-10,12-19,28,39H,8,11,20-23H2,1-5H3,(H,35,40). The Morgan fingerprint density at radius 2 is 1.50 bits per heavy atom. The molecule has 1 atom stereocenters. The van der Waals surface area contributed by atoms with Crippen LogP contribution < -0.4 is 10.9 Å². The first-order valence-corrected chi connectivity index (χ1v) is 14.5. The molecule has 0 aliphatic carbocycles. The van der Waals surface area contributed by atoms with Crippen molar-refractivity contribution in [2.24, 2.45) is 4.99 Å². The molecule has 42 heavy (non-hydrogen) atoms. The highest BCUT2D eigenvalue weighted by atomic mass is 16.6. The highest BCUT2D eigenvalue weighted by Gasteiger charge is 2.23. The Bertz CT molecular complexity index is 1580. The van der Waals surface area contributed by atoms with Crippen molar-refractivity contribution in [1.29, 1.82) is 0 Å². The van der Waals surface area contributed by atoms with Crippen molar-refractivity contribution >= 4 is 23.0 Å². The van der Waals surface area contributed by atoms with E-state index in [-0.39, 0.29) is 25.0 Å². The minimum Gasteiger partial charge on any atom is -0.442 e. The predicted molar refractivity (Wildman–Crippen MR) is 165 cm³/mol. The van der Waals surface area contributed by atoms with E-state index in [2.05, 4.69) is 70.3 Å². The number of rotatable bonds is 10. The van der Waals surface area contributed by atoms with Crippen LogP contribution in [0.3, 0.4) is 0 Å². The summed E-state index contributed by atoms with van der Waals surface area (Å²) >= 11 is 0. The summed E-state index contributed by atoms with van der Waals surface area (Å²) in [4.78, 5) is 30.4. The largest absolute Gasteiger partial charge is 0.442 e. The number of nitrogens with zero attached hydrogens (tertiary/aromatic N) is 3. The number of nitrogens with one attached hydrogen (secondary N) is 1. The molecular formula is C34H42N4O4. The lowest BCUT2D eigenvalue weighted by Crippen LogP contribution is -2.38. The van der Waals surface area contributed by atoms with Gasteiger partial charge in [-0.05, 0) is 70.7 Å². The topological polar surface area (TPSA) is 97.8 Å². The number of imidazole rings is 1. The number of hydrogen-bond acceptors (Lipinski definition) is 4. The smallest absolute Gasteiger partial charge is 0.437 e. The van der Waals surface area contributed by atoms with Crippen LogP contribution in [0.1, 0.15) is 61.9 Å². The Morgan fingerprint density at radius 3 is 2.10 bits per heavy atom. The van der Waals surface area contributed by atoms with Gasteiger partial charge in [0.1, 0.15) is 5.60 Å². The van der Waals surface area contributed by atoms with E-state index in [1.807, 2.05) is 56.5 Å². The Balaban J connectivity index is 1.90. The monoisotopic (exact) mass is 570 g/mol. The average molecular weight is 571 g/mol. The number of amides is 2. The van der Waals surface area contributed by atoms with Crippen LogP contribution in [0.2, 0.25) is 0 Å². The van der Waals surface area contributed by atoms with Gasteiger partial charge in [-0.2, -0.15) is 0 Å². The lowest BCUT2D eigenvalue weighted by molar-refractivity contribution is -0.121. The van der Waals surface area contributed by atoms with Gasteiger partial charge >= 0.3 is 6.09 Å². The summed E-state index contributed by atoms with van der Waals surface area (Å²) in [6.45, 7) is 10.3. The number of carbonyl (C=O) groups is 2. The first-order valence-electron chi connectivity index (χ1n) is 14.5.